The molecule has 0 atom stereocenters. The summed E-state index contributed by atoms with van der Waals surface area (Å²) >= 11 is 0. The summed E-state index contributed by atoms with van der Waals surface area (Å²) in [5.74, 6) is 0.461. The molecule has 5 nitrogen and oxygen atoms in total. The molecule has 3 N–H and O–H groups in total. The molecular weight excluding hydrogens is 290 g/mol. The van der Waals surface area contributed by atoms with Crippen LogP contribution in [-0.2, 0) is 0 Å². The van der Waals surface area contributed by atoms with Crippen LogP contribution in [0.4, 0.5) is 11.4 Å². The maximum Gasteiger partial charge on any atom is 0.255 e. The molecule has 0 aromatic heterocycles. The molecule has 2 rings (SSSR count). The number of anilines is 2. The van der Waals surface area contributed by atoms with Gasteiger partial charge in [-0.1, -0.05) is 12.1 Å². The van der Waals surface area contributed by atoms with Gasteiger partial charge in [-0.25, -0.2) is 0 Å². The first-order valence-corrected chi connectivity index (χ1v) is 7.51. The monoisotopic (exact) mass is 313 g/mol. The maximum absolute atomic E-state index is 12.4. The van der Waals surface area contributed by atoms with E-state index in [1.807, 2.05) is 44.1 Å². The lowest BCUT2D eigenvalue weighted by atomic mass is 10.1. The summed E-state index contributed by atoms with van der Waals surface area (Å²) < 4.78 is 5.81. The van der Waals surface area contributed by atoms with Crippen LogP contribution in [0.15, 0.2) is 42.5 Å². The highest BCUT2D eigenvalue weighted by Gasteiger charge is 2.11. The molecule has 122 valence electrons. The number of aryl methyl sites for hydroxylation is 1. The van der Waals surface area contributed by atoms with Crippen molar-refractivity contribution >= 4 is 17.3 Å². The van der Waals surface area contributed by atoms with Gasteiger partial charge in [-0.3, -0.25) is 4.79 Å². The molecular formula is C18H23N3O2. The van der Waals surface area contributed by atoms with Crippen LogP contribution >= 0.6 is 0 Å². The number of amides is 1. The van der Waals surface area contributed by atoms with Crippen LogP contribution in [0.2, 0.25) is 0 Å². The van der Waals surface area contributed by atoms with Crippen molar-refractivity contribution in [2.24, 2.45) is 0 Å². The normalized spacial score (nSPS) is 10.6. The Balaban J connectivity index is 2.13. The number of benzene rings is 2. The van der Waals surface area contributed by atoms with Crippen molar-refractivity contribution in [3.8, 4) is 5.75 Å². The zero-order chi connectivity index (χ0) is 16.8. The van der Waals surface area contributed by atoms with Gasteiger partial charge in [0.25, 0.3) is 5.91 Å². The number of carbonyl (C=O) groups is 1. The van der Waals surface area contributed by atoms with E-state index in [9.17, 15) is 4.79 Å². The second kappa shape index (κ2) is 7.65. The number of likely N-dealkylation sites (N-methyl/N-ethyl adjacent to an activating group) is 1. The number of nitrogens with two attached hydrogens (primary N) is 1. The van der Waals surface area contributed by atoms with Gasteiger partial charge in [0, 0.05) is 17.8 Å². The Morgan fingerprint density at radius 1 is 1.22 bits per heavy atom. The summed E-state index contributed by atoms with van der Waals surface area (Å²) in [6, 6.07) is 12.6. The molecule has 0 aliphatic carbocycles. The first-order chi connectivity index (χ1) is 11.0. The molecule has 0 aliphatic heterocycles. The standard InChI is InChI=1S/C18H23N3O2/c1-13-7-8-16(17(11-13)23-10-9-21(2)3)20-18(22)14-5-4-6-15(19)12-14/h4-8,11-12H,9-10,19H2,1-3H3,(H,20,22). The van der Waals surface area contributed by atoms with Crippen molar-refractivity contribution in [2.45, 2.75) is 6.92 Å². The lowest BCUT2D eigenvalue weighted by molar-refractivity contribution is 0.102. The van der Waals surface area contributed by atoms with Crippen LogP contribution in [0.25, 0.3) is 0 Å². The van der Waals surface area contributed by atoms with Crippen LogP contribution in [0.1, 0.15) is 15.9 Å². The molecule has 0 spiro atoms. The minimum atomic E-state index is -0.210. The van der Waals surface area contributed by atoms with Crippen molar-refractivity contribution in [3.63, 3.8) is 0 Å². The predicted octanol–water partition coefficient (Wildman–Crippen LogP) is 2.77. The summed E-state index contributed by atoms with van der Waals surface area (Å²) in [7, 11) is 3.98. The number of carbonyl (C=O) groups excluding carboxylic acids is 1. The smallest absolute Gasteiger partial charge is 0.255 e. The van der Waals surface area contributed by atoms with E-state index in [2.05, 4.69) is 5.32 Å². The van der Waals surface area contributed by atoms with Gasteiger partial charge in [0.1, 0.15) is 12.4 Å². The van der Waals surface area contributed by atoms with Crippen molar-refractivity contribution in [2.75, 3.05) is 38.3 Å². The van der Waals surface area contributed by atoms with Crippen LogP contribution in [0, 0.1) is 6.92 Å². The highest BCUT2D eigenvalue weighted by Crippen LogP contribution is 2.26. The molecule has 0 unspecified atom stereocenters. The quantitative estimate of drug-likeness (QED) is 0.805. The van der Waals surface area contributed by atoms with Crippen LogP contribution in [-0.4, -0.2) is 38.1 Å². The zero-order valence-electron chi connectivity index (χ0n) is 13.8. The fourth-order valence-electron chi connectivity index (χ4n) is 2.06. The van der Waals surface area contributed by atoms with Crippen LogP contribution < -0.4 is 15.8 Å². The molecule has 23 heavy (non-hydrogen) atoms. The molecule has 0 radical (unpaired) electrons. The van der Waals surface area contributed by atoms with Gasteiger partial charge in [-0.05, 0) is 56.9 Å². The Morgan fingerprint density at radius 2 is 2.00 bits per heavy atom. The lowest BCUT2D eigenvalue weighted by Crippen LogP contribution is -2.20. The number of nitrogen functional groups attached to an aromatic ring is 1. The van der Waals surface area contributed by atoms with Gasteiger partial charge < -0.3 is 20.7 Å². The molecule has 0 aliphatic rings. The molecule has 5 heteroatoms. The largest absolute Gasteiger partial charge is 0.490 e. The summed E-state index contributed by atoms with van der Waals surface area (Å²) in [6.45, 7) is 3.34. The van der Waals surface area contributed by atoms with Crippen LogP contribution in [0.3, 0.4) is 0 Å². The predicted molar refractivity (Wildman–Crippen MR) is 94.0 cm³/mol. The minimum Gasteiger partial charge on any atom is -0.490 e. The van der Waals surface area contributed by atoms with E-state index in [4.69, 9.17) is 10.5 Å². The van der Waals surface area contributed by atoms with Gasteiger partial charge >= 0.3 is 0 Å². The molecule has 2 aromatic carbocycles. The average molecular weight is 313 g/mol. The summed E-state index contributed by atoms with van der Waals surface area (Å²) in [5, 5.41) is 2.89. The third-order valence-electron chi connectivity index (χ3n) is 3.33. The minimum absolute atomic E-state index is 0.210. The lowest BCUT2D eigenvalue weighted by Gasteiger charge is -2.15. The van der Waals surface area contributed by atoms with E-state index in [1.54, 1.807) is 24.3 Å². The van der Waals surface area contributed by atoms with Crippen LogP contribution in [0.5, 0.6) is 5.75 Å². The molecule has 0 fully saturated rings. The highest BCUT2D eigenvalue weighted by molar-refractivity contribution is 6.05. The van der Waals surface area contributed by atoms with E-state index in [-0.39, 0.29) is 5.91 Å². The van der Waals surface area contributed by atoms with E-state index in [0.717, 1.165) is 12.1 Å². The molecule has 0 saturated heterocycles. The van der Waals surface area contributed by atoms with E-state index >= 15 is 0 Å². The summed E-state index contributed by atoms with van der Waals surface area (Å²) in [6.07, 6.45) is 0. The van der Waals surface area contributed by atoms with Gasteiger partial charge in [0.15, 0.2) is 0 Å². The van der Waals surface area contributed by atoms with Gasteiger partial charge in [0.05, 0.1) is 5.69 Å². The number of hydrogen-bond acceptors (Lipinski definition) is 4. The third kappa shape index (κ3) is 5.00. The first-order valence-electron chi connectivity index (χ1n) is 7.51. The molecule has 1 amide bonds. The Kier molecular flexibility index (Phi) is 5.60. The number of nitrogens with zero attached hydrogens (tertiary/aromatic N) is 1. The SMILES string of the molecule is Cc1ccc(NC(=O)c2cccc(N)c2)c(OCCN(C)C)c1. The summed E-state index contributed by atoms with van der Waals surface area (Å²) in [4.78, 5) is 14.4. The second-order valence-corrected chi connectivity index (χ2v) is 5.73. The second-order valence-electron chi connectivity index (χ2n) is 5.73. The Hall–Kier alpha value is -2.53. The van der Waals surface area contributed by atoms with Gasteiger partial charge in [0.2, 0.25) is 0 Å². The average Bonchev–Trinajstić information content (AvgIpc) is 2.49. The molecule has 0 saturated carbocycles. The van der Waals surface area contributed by atoms with Crippen molar-refractivity contribution in [1.29, 1.82) is 0 Å². The highest BCUT2D eigenvalue weighted by atomic mass is 16.5. The number of ether oxygens (including phenoxy) is 1. The van der Waals surface area contributed by atoms with Crippen molar-refractivity contribution < 1.29 is 9.53 Å². The fraction of sp³-hybridized carbons (Fsp3) is 0.278. The van der Waals surface area contributed by atoms with E-state index in [1.165, 1.54) is 0 Å². The Morgan fingerprint density at radius 3 is 2.70 bits per heavy atom. The van der Waals surface area contributed by atoms with Crippen molar-refractivity contribution in [3.05, 3.63) is 53.6 Å². The number of nitrogens with one attached hydrogen (secondary N) is 1. The van der Waals surface area contributed by atoms with Gasteiger partial charge in [-0.2, -0.15) is 0 Å². The fourth-order valence-corrected chi connectivity index (χ4v) is 2.06. The maximum atomic E-state index is 12.4. The third-order valence-corrected chi connectivity index (χ3v) is 3.33. The Bertz CT molecular complexity index is 684. The number of hydrogen-bond donors (Lipinski definition) is 2. The van der Waals surface area contributed by atoms with Crippen molar-refractivity contribution in [1.82, 2.24) is 4.90 Å². The number of rotatable bonds is 6. The first kappa shape index (κ1) is 16.8. The van der Waals surface area contributed by atoms with Gasteiger partial charge in [-0.15, -0.1) is 0 Å². The molecule has 0 bridgehead atoms. The molecule has 2 aromatic rings. The molecule has 0 heterocycles. The van der Waals surface area contributed by atoms with E-state index in [0.29, 0.717) is 29.3 Å². The zero-order valence-corrected chi connectivity index (χ0v) is 13.8. The Labute approximate surface area is 137 Å². The topological polar surface area (TPSA) is 67.6 Å². The summed E-state index contributed by atoms with van der Waals surface area (Å²) in [5.41, 5.74) is 8.53. The van der Waals surface area contributed by atoms with E-state index < -0.39 is 0 Å².